The van der Waals surface area contributed by atoms with Crippen molar-refractivity contribution in [1.29, 1.82) is 0 Å². The van der Waals surface area contributed by atoms with Crippen molar-refractivity contribution in [3.63, 3.8) is 0 Å². The van der Waals surface area contributed by atoms with E-state index in [0.717, 1.165) is 140 Å². The highest BCUT2D eigenvalue weighted by molar-refractivity contribution is 7.93. The predicted octanol–water partition coefficient (Wildman–Crippen LogP) is 20.4. The average Bonchev–Trinajstić information content (AvgIpc) is 1.48. The van der Waals surface area contributed by atoms with Gasteiger partial charge in [-0.1, -0.05) is 197 Å². The quantitative estimate of drug-likeness (QED) is 0.0195. The number of nitrogens with one attached hydrogen (secondary N) is 3. The fourth-order valence-corrected chi connectivity index (χ4v) is 30.6. The van der Waals surface area contributed by atoms with E-state index in [4.69, 9.17) is 42.3 Å². The van der Waals surface area contributed by atoms with E-state index in [9.17, 15) is 39.6 Å². The summed E-state index contributed by atoms with van der Waals surface area (Å²) in [4.78, 5) is 57.6. The molecule has 9 aromatic rings. The Labute approximate surface area is 863 Å². The number of fused-ring (bicyclic) bond motifs is 3. The Morgan fingerprint density at radius 1 is 0.349 bits per heavy atom. The molecule has 788 valence electrons. The molecule has 146 heavy (non-hydrogen) atoms. The van der Waals surface area contributed by atoms with E-state index in [1.165, 1.54) is 20.8 Å². The molecule has 3 saturated heterocycles. The Kier molecular flexibility index (Phi) is 30.9. The molecule has 6 fully saturated rings. The molecule has 6 heterocycles. The first-order valence-electron chi connectivity index (χ1n) is 51.4. The number of benzene rings is 6. The van der Waals surface area contributed by atoms with Crippen molar-refractivity contribution in [3.05, 3.63) is 196 Å². The molecule has 6 atom stereocenters. The minimum atomic E-state index is -5.23. The van der Waals surface area contributed by atoms with Gasteiger partial charge in [0.2, 0.25) is 0 Å². The number of amides is 3. The number of sulfone groups is 3. The van der Waals surface area contributed by atoms with E-state index in [2.05, 4.69) is 228 Å². The zero-order chi connectivity index (χ0) is 106. The van der Waals surface area contributed by atoms with Crippen LogP contribution in [0.3, 0.4) is 0 Å². The first kappa shape index (κ1) is 111. The lowest BCUT2D eigenvalue weighted by Crippen LogP contribution is -2.67. The van der Waals surface area contributed by atoms with Crippen molar-refractivity contribution in [1.82, 2.24) is 45.8 Å². The van der Waals surface area contributed by atoms with Gasteiger partial charge in [0.25, 0.3) is 17.7 Å². The number of aryl methyl sites for hydroxylation is 3. The number of hydrogen-bond donors (Lipinski definition) is 3. The lowest BCUT2D eigenvalue weighted by Gasteiger charge is -2.64. The molecule has 0 unspecified atom stereocenters. The number of hydroxylamine groups is 3. The van der Waals surface area contributed by atoms with Gasteiger partial charge >= 0.3 is 7.82 Å². The highest BCUT2D eigenvalue weighted by Gasteiger charge is 2.79. The van der Waals surface area contributed by atoms with Gasteiger partial charge in [0, 0.05) is 143 Å². The fraction of sp³-hybridized carbons (Fsp3) is 0.579. The van der Waals surface area contributed by atoms with Crippen molar-refractivity contribution in [2.24, 2.45) is 32.5 Å². The van der Waals surface area contributed by atoms with Crippen molar-refractivity contribution in [3.8, 4) is 35.5 Å². The smallest absolute Gasteiger partial charge is 0.350 e. The molecule has 3 amide bonds. The maximum Gasteiger partial charge on any atom is 0.476 e. The number of aromatic nitrogens is 6. The van der Waals surface area contributed by atoms with E-state index < -0.39 is 154 Å². The van der Waals surface area contributed by atoms with Crippen LogP contribution in [0.25, 0.3) is 32.7 Å². The van der Waals surface area contributed by atoms with Crippen LogP contribution in [0.4, 0.5) is 0 Å². The largest absolute Gasteiger partial charge is 0.476 e. The Morgan fingerprint density at radius 2 is 0.568 bits per heavy atom. The maximum absolute atomic E-state index is 19.5. The maximum atomic E-state index is 19.5. The number of rotatable bonds is 33. The summed E-state index contributed by atoms with van der Waals surface area (Å²) in [6, 6.07) is 42.4. The molecule has 0 spiro atoms. The summed E-state index contributed by atoms with van der Waals surface area (Å²) in [5.74, 6) is 18.2. The second-order valence-corrected chi connectivity index (χ2v) is 57.0. The lowest BCUT2D eigenvalue weighted by molar-refractivity contribution is -0.225. The summed E-state index contributed by atoms with van der Waals surface area (Å²) in [5.41, 5.74) is 5.33. The Bertz CT molecular complexity index is 6280. The highest BCUT2D eigenvalue weighted by atomic mass is 32.2. The van der Waals surface area contributed by atoms with E-state index in [-0.39, 0.29) is 38.9 Å². The van der Waals surface area contributed by atoms with Crippen LogP contribution in [-0.2, 0) is 127 Å². The summed E-state index contributed by atoms with van der Waals surface area (Å²) < 4.78 is 142. The zero-order valence-electron chi connectivity index (χ0n) is 89.7. The molecule has 32 heteroatoms. The van der Waals surface area contributed by atoms with Crippen LogP contribution < -0.4 is 16.4 Å². The third kappa shape index (κ3) is 21.3. The Hall–Kier alpha value is -9.46. The van der Waals surface area contributed by atoms with E-state index in [0.29, 0.717) is 77.6 Å². The van der Waals surface area contributed by atoms with Crippen molar-refractivity contribution < 1.29 is 86.5 Å². The minimum absolute atomic E-state index is 0.0790. The molecule has 3 aliphatic heterocycles. The summed E-state index contributed by atoms with van der Waals surface area (Å²) in [7, 11) is -17.1. The first-order chi connectivity index (χ1) is 68.1. The van der Waals surface area contributed by atoms with E-state index in [1.807, 2.05) is 91.0 Å². The van der Waals surface area contributed by atoms with E-state index in [1.54, 1.807) is 32.6 Å². The molecule has 0 radical (unpaired) electrons. The SMILES string of the molecule is CC(C)(C)C(OP(=O)(OC(C(C)(C)C)(C(C)(C)C)C1(c2ccc(C#Cc3ccc4c(cnn4CC[C@](C)(C(=O)NO[C@@H]4CCCCO4)S(C)(=O)=O)c3)cc2)CC1)OC(C(C)(C)C)(C(C)(C)C)C1(c2ccc(C#Cc3ccc4c(cnn4CC[C@](C)(C(=O)NO[C@@H]4CCCCO4)S(C)(=O)=O)c3)cc2)CC1)(C(C)(C)C)C1(c2ccc(C#Cc3ccc4c(cnn4CC[C@](C)(C(=O)NO[C@@H]4CCCCO4)S(C)(=O)=O)c3)cc2)CC1. The van der Waals surface area contributed by atoms with Gasteiger partial charge in [-0.15, -0.1) is 0 Å². The van der Waals surface area contributed by atoms with Gasteiger partial charge in [-0.25, -0.2) is 60.8 Å². The normalized spacial score (nSPS) is 19.9. The van der Waals surface area contributed by atoms with Crippen LogP contribution in [-0.4, -0.2) is 161 Å². The predicted molar refractivity (Wildman–Crippen MR) is 567 cm³/mol. The zero-order valence-corrected chi connectivity index (χ0v) is 93.0. The molecule has 3 aromatic heterocycles. The fourth-order valence-electron chi connectivity index (χ4n) is 24.8. The summed E-state index contributed by atoms with van der Waals surface area (Å²) in [6.45, 7) is 45.7. The molecule has 6 aliphatic rings. The number of carbonyl (C=O) groups excluding carboxylic acids is 3. The van der Waals surface area contributed by atoms with Gasteiger partial charge in [0.05, 0.1) is 51.9 Å². The van der Waals surface area contributed by atoms with Crippen molar-refractivity contribution >= 4 is 87.8 Å². The third-order valence-electron chi connectivity index (χ3n) is 32.2. The van der Waals surface area contributed by atoms with Crippen LogP contribution in [0.5, 0.6) is 0 Å². The van der Waals surface area contributed by atoms with Gasteiger partial charge in [-0.2, -0.15) is 15.3 Å². The van der Waals surface area contributed by atoms with Crippen LogP contribution in [0.15, 0.2) is 146 Å². The van der Waals surface area contributed by atoms with Crippen LogP contribution in [0.2, 0.25) is 0 Å². The summed E-state index contributed by atoms with van der Waals surface area (Å²) >= 11 is 0. The van der Waals surface area contributed by atoms with Gasteiger partial charge in [-0.05, 0) is 257 Å². The Balaban J connectivity index is 0.763. The van der Waals surface area contributed by atoms with Crippen LogP contribution in [0.1, 0.15) is 311 Å². The van der Waals surface area contributed by atoms with Gasteiger partial charge in [-0.3, -0.25) is 42.0 Å². The summed E-state index contributed by atoms with van der Waals surface area (Å²) in [6.07, 6.45) is 17.1. The molecule has 0 bridgehead atoms. The van der Waals surface area contributed by atoms with E-state index >= 15 is 4.57 Å². The lowest BCUT2D eigenvalue weighted by atomic mass is 9.54. The van der Waals surface area contributed by atoms with Gasteiger partial charge < -0.3 is 14.2 Å². The average molecular weight is 2080 g/mol. The second-order valence-electron chi connectivity index (χ2n) is 48.2. The number of nitrogens with zero attached hydrogens (tertiary/aromatic N) is 6. The summed E-state index contributed by atoms with van der Waals surface area (Å²) in [5, 5.41) is 16.3. The Morgan fingerprint density at radius 3 is 0.767 bits per heavy atom. The van der Waals surface area contributed by atoms with Crippen LogP contribution in [0, 0.1) is 68.0 Å². The monoisotopic (exact) mass is 2080 g/mol. The minimum Gasteiger partial charge on any atom is -0.350 e. The topological polar surface area (TPSA) is 343 Å². The number of ether oxygens (including phenoxy) is 3. The molecular weight excluding hydrogens is 1930 g/mol. The molecule has 15 rings (SSSR count). The number of carbonyl (C=O) groups is 3. The number of phosphoric ester groups is 1. The molecule has 3 saturated carbocycles. The van der Waals surface area contributed by atoms with Crippen molar-refractivity contribution in [2.75, 3.05) is 38.6 Å². The second kappa shape index (κ2) is 40.7. The molecule has 28 nitrogen and oxygen atoms in total. The number of phosphoric acid groups is 1. The third-order valence-corrected chi connectivity index (χ3v) is 39.8. The van der Waals surface area contributed by atoms with Crippen LogP contribution >= 0.6 is 7.82 Å². The molecular formula is C114H150N9O19PS3. The highest BCUT2D eigenvalue weighted by Crippen LogP contribution is 2.81. The van der Waals surface area contributed by atoms with Gasteiger partial charge in [0.15, 0.2) is 62.6 Å². The number of hydrogen-bond acceptors (Lipinski definition) is 22. The first-order valence-corrected chi connectivity index (χ1v) is 58.5. The molecule has 3 aliphatic carbocycles. The standard InChI is InChI=1S/C114H150N9O19PS3/c1-100(2,3)112(101(4,5)6,109(58-59-109)88-49-40-79(41-50-88)34-37-82-46-55-91-85(73-82)76-115-121(91)67-64-106(19,144(22,128)129)97(124)118-137-94-31-25-28-70-134-94)140-143(127,141-113(102(7,8)9,103(10,11)12)110(60-61-110)89-51-42-80(43-52-89)35-38-83-47-56-92-86(74-83)77-116-122(92)68-65-107(20,145(23,130)131)98(125)119-138-95-32-26-29-71-135-95)142-114(104(13,14)15,105(16,17)18)111(62-63-111)90-53-44-81(45-54-90)36-39-84-48-57-93-87(75-84)78-117-123(93)69-66-108(21,146(24,132)133)99(126)120-139-96-33-27-30-72-136-96/h40-57,73-78,94-96H,25-33,58-72H2,1-24H3,(H,118,124)(H,119,125)(H,120,126)/t94-,95-,96-,106-,107-,108-/m1/s1. The van der Waals surface area contributed by atoms with Crippen molar-refractivity contribution in [2.45, 2.75) is 347 Å². The van der Waals surface area contributed by atoms with Gasteiger partial charge in [0.1, 0.15) is 0 Å². The molecule has 6 aromatic carbocycles. The molecule has 3 N–H and O–H groups in total.